The average Bonchev–Trinajstić information content (AvgIpc) is 1.80. The van der Waals surface area contributed by atoms with Crippen molar-refractivity contribution in [2.24, 2.45) is 10.2 Å². The summed E-state index contributed by atoms with van der Waals surface area (Å²) in [5, 5.41) is 7.02. The van der Waals surface area contributed by atoms with Gasteiger partial charge in [-0.2, -0.15) is 5.10 Å². The second-order valence-corrected chi connectivity index (χ2v) is 3.15. The fourth-order valence-electron chi connectivity index (χ4n) is 0.287. The molecule has 0 aromatic carbocycles. The molecule has 0 aliphatic carbocycles. The maximum atomic E-state index is 3.65. The highest BCUT2D eigenvalue weighted by Gasteiger charge is 2.12. The maximum absolute atomic E-state index is 3.65. The lowest BCUT2D eigenvalue weighted by atomic mass is 10.1. The molecule has 0 bridgehead atoms. The van der Waals surface area contributed by atoms with Gasteiger partial charge < -0.3 is 4.90 Å². The van der Waals surface area contributed by atoms with E-state index >= 15 is 0 Å². The topological polar surface area (TPSA) is 28.0 Å². The average molecular weight is 141 g/mol. The first kappa shape index (κ1) is 9.14. The van der Waals surface area contributed by atoms with E-state index in [1.807, 2.05) is 11.9 Å². The highest BCUT2D eigenvalue weighted by atomic mass is 15.3. The Balaban J connectivity index is 3.96. The van der Waals surface area contributed by atoms with E-state index in [-0.39, 0.29) is 5.54 Å². The van der Waals surface area contributed by atoms with Gasteiger partial charge in [-0.1, -0.05) is 0 Å². The van der Waals surface area contributed by atoms with Gasteiger partial charge in [0.25, 0.3) is 0 Å². The van der Waals surface area contributed by atoms with Gasteiger partial charge in [-0.25, -0.2) is 0 Å². The molecule has 3 nitrogen and oxygen atoms in total. The van der Waals surface area contributed by atoms with E-state index in [4.69, 9.17) is 0 Å². The van der Waals surface area contributed by atoms with E-state index in [1.165, 1.54) is 0 Å². The minimum absolute atomic E-state index is 0.105. The number of rotatable bonds is 2. The molecule has 0 unspecified atom stereocenters. The summed E-state index contributed by atoms with van der Waals surface area (Å²) in [5.74, 6) is 0. The van der Waals surface area contributed by atoms with E-state index in [1.54, 1.807) is 6.34 Å². The molecule has 0 rings (SSSR count). The van der Waals surface area contributed by atoms with Gasteiger partial charge in [0, 0.05) is 19.3 Å². The van der Waals surface area contributed by atoms with E-state index in [0.29, 0.717) is 0 Å². The minimum Gasteiger partial charge on any atom is -0.359 e. The number of hydrogen-bond donors (Lipinski definition) is 0. The van der Waals surface area contributed by atoms with Crippen LogP contribution in [0.25, 0.3) is 0 Å². The predicted octanol–water partition coefficient (Wildman–Crippen LogP) is 1.36. The van der Waals surface area contributed by atoms with Crippen LogP contribution in [0.2, 0.25) is 0 Å². The summed E-state index contributed by atoms with van der Waals surface area (Å²) in [6.45, 7) is 9.54. The van der Waals surface area contributed by atoms with Crippen LogP contribution in [0.3, 0.4) is 0 Å². The van der Waals surface area contributed by atoms with Crippen LogP contribution in [-0.4, -0.2) is 30.5 Å². The lowest BCUT2D eigenvalue weighted by molar-refractivity contribution is 0.289. The molecule has 0 atom stereocenters. The fourth-order valence-corrected chi connectivity index (χ4v) is 0.287. The summed E-state index contributed by atoms with van der Waals surface area (Å²) in [6.07, 6.45) is 1.66. The third kappa shape index (κ3) is 3.22. The zero-order valence-electron chi connectivity index (χ0n) is 7.13. The molecule has 0 saturated heterocycles. The molecule has 0 heterocycles. The van der Waals surface area contributed by atoms with E-state index < -0.39 is 0 Å². The Labute approximate surface area is 62.4 Å². The summed E-state index contributed by atoms with van der Waals surface area (Å²) >= 11 is 0. The number of nitrogens with zero attached hydrogens (tertiary/aromatic N) is 3. The van der Waals surface area contributed by atoms with Crippen LogP contribution >= 0.6 is 0 Å². The summed E-state index contributed by atoms with van der Waals surface area (Å²) in [6, 6.07) is 0. The van der Waals surface area contributed by atoms with Crippen LogP contribution in [0.5, 0.6) is 0 Å². The lowest BCUT2D eigenvalue weighted by Gasteiger charge is -2.29. The van der Waals surface area contributed by atoms with Crippen molar-refractivity contribution in [1.82, 2.24) is 4.90 Å². The van der Waals surface area contributed by atoms with Crippen molar-refractivity contribution >= 4 is 13.1 Å². The van der Waals surface area contributed by atoms with Gasteiger partial charge in [0.15, 0.2) is 0 Å². The number of hydrogen-bond acceptors (Lipinski definition) is 2. The van der Waals surface area contributed by atoms with Crippen LogP contribution < -0.4 is 0 Å². The highest BCUT2D eigenvalue weighted by molar-refractivity contribution is 5.55. The molecule has 0 aliphatic rings. The molecule has 0 radical (unpaired) electrons. The Hall–Kier alpha value is -0.860. The molecule has 0 amide bonds. The Morgan fingerprint density at radius 2 is 1.90 bits per heavy atom. The van der Waals surface area contributed by atoms with Gasteiger partial charge in [-0.15, -0.1) is 5.10 Å². The van der Waals surface area contributed by atoms with Crippen LogP contribution in [0.4, 0.5) is 0 Å². The minimum atomic E-state index is 0.105. The van der Waals surface area contributed by atoms with Gasteiger partial charge in [0.05, 0.1) is 0 Å². The van der Waals surface area contributed by atoms with Crippen LogP contribution in [-0.2, 0) is 0 Å². The monoisotopic (exact) mass is 141 g/mol. The first-order valence-electron chi connectivity index (χ1n) is 3.20. The summed E-state index contributed by atoms with van der Waals surface area (Å²) in [5.41, 5.74) is 0.105. The summed E-state index contributed by atoms with van der Waals surface area (Å²) < 4.78 is 0. The van der Waals surface area contributed by atoms with Gasteiger partial charge >= 0.3 is 0 Å². The molecule has 0 saturated carbocycles. The highest BCUT2D eigenvalue weighted by Crippen LogP contribution is 2.07. The van der Waals surface area contributed by atoms with Crippen LogP contribution in [0.1, 0.15) is 20.8 Å². The van der Waals surface area contributed by atoms with Crippen molar-refractivity contribution in [3.8, 4) is 0 Å². The van der Waals surface area contributed by atoms with Crippen molar-refractivity contribution < 1.29 is 0 Å². The smallest absolute Gasteiger partial charge is 0.114 e. The van der Waals surface area contributed by atoms with Crippen molar-refractivity contribution in [3.63, 3.8) is 0 Å². The van der Waals surface area contributed by atoms with E-state index in [2.05, 4.69) is 37.7 Å². The molecule has 0 fully saturated rings. The molecule has 0 aromatic heterocycles. The SMILES string of the molecule is C=N/N=C\N(C)C(C)(C)C. The van der Waals surface area contributed by atoms with Crippen molar-refractivity contribution in [2.45, 2.75) is 26.3 Å². The normalized spacial score (nSPS) is 12.0. The third-order valence-electron chi connectivity index (χ3n) is 1.36. The second kappa shape index (κ2) is 3.34. The van der Waals surface area contributed by atoms with Gasteiger partial charge in [-0.3, -0.25) is 0 Å². The fraction of sp³-hybridized carbons (Fsp3) is 0.714. The molecule has 3 heteroatoms. The predicted molar refractivity (Wildman–Crippen MR) is 45.6 cm³/mol. The quantitative estimate of drug-likeness (QED) is 0.324. The standard InChI is InChI=1S/C7H15N3/c1-7(2,3)10(5)6-9-8-4/h6H,4H2,1-3,5H3/b9-6-. The molecule has 0 aliphatic heterocycles. The molecule has 58 valence electrons. The maximum Gasteiger partial charge on any atom is 0.114 e. The Morgan fingerprint density at radius 1 is 1.40 bits per heavy atom. The van der Waals surface area contributed by atoms with Gasteiger partial charge in [0.1, 0.15) is 6.34 Å². The largest absolute Gasteiger partial charge is 0.359 e. The second-order valence-electron chi connectivity index (χ2n) is 3.15. The van der Waals surface area contributed by atoms with Crippen molar-refractivity contribution in [1.29, 1.82) is 0 Å². The van der Waals surface area contributed by atoms with Crippen LogP contribution in [0.15, 0.2) is 10.2 Å². The molecular formula is C7H15N3. The van der Waals surface area contributed by atoms with Crippen molar-refractivity contribution in [2.75, 3.05) is 7.05 Å². The van der Waals surface area contributed by atoms with E-state index in [0.717, 1.165) is 0 Å². The van der Waals surface area contributed by atoms with Gasteiger partial charge in [-0.05, 0) is 20.8 Å². The summed E-state index contributed by atoms with van der Waals surface area (Å²) in [7, 11) is 1.95. The zero-order valence-corrected chi connectivity index (χ0v) is 7.13. The summed E-state index contributed by atoms with van der Waals surface area (Å²) in [4.78, 5) is 1.97. The van der Waals surface area contributed by atoms with Crippen molar-refractivity contribution in [3.05, 3.63) is 0 Å². The van der Waals surface area contributed by atoms with Crippen LogP contribution in [0, 0.1) is 0 Å². The lowest BCUT2D eigenvalue weighted by Crippen LogP contribution is -2.36. The van der Waals surface area contributed by atoms with Gasteiger partial charge in [0.2, 0.25) is 0 Å². The molecule has 10 heavy (non-hydrogen) atoms. The zero-order chi connectivity index (χ0) is 8.20. The Bertz CT molecular complexity index is 132. The molecule has 0 N–H and O–H groups in total. The molecule has 0 aromatic rings. The third-order valence-corrected chi connectivity index (χ3v) is 1.36. The van der Waals surface area contributed by atoms with E-state index in [9.17, 15) is 0 Å². The Kier molecular flexibility index (Phi) is 3.06. The Morgan fingerprint density at radius 3 is 2.20 bits per heavy atom. The first-order valence-corrected chi connectivity index (χ1v) is 3.20. The molecule has 0 spiro atoms. The first-order chi connectivity index (χ1) is 4.48. The molecular weight excluding hydrogens is 126 g/mol.